The first-order chi connectivity index (χ1) is 17.4. The summed E-state index contributed by atoms with van der Waals surface area (Å²) in [6, 6.07) is 29.7. The van der Waals surface area contributed by atoms with Gasteiger partial charge in [0.2, 0.25) is 5.96 Å². The normalized spacial score (nSPS) is 11.7. The molecule has 7 nitrogen and oxygen atoms in total. The number of hydrogen-bond donors (Lipinski definition) is 2. The number of sulfonamides is 1. The predicted molar refractivity (Wildman–Crippen MR) is 143 cm³/mol. The Balaban J connectivity index is 1.64. The number of hydrogen-bond acceptors (Lipinski definition) is 5. The fourth-order valence-corrected chi connectivity index (χ4v) is 4.70. The van der Waals surface area contributed by atoms with Gasteiger partial charge in [-0.05, 0) is 70.3 Å². The Bertz CT molecular complexity index is 1450. The second-order valence-electron chi connectivity index (χ2n) is 7.96. The molecule has 0 fully saturated rings. The lowest BCUT2D eigenvalue weighted by Crippen LogP contribution is -2.36. The molecule has 0 heterocycles. The number of aliphatic imine (C=N–C) groups is 1. The monoisotopic (exact) mass is 501 g/mol. The van der Waals surface area contributed by atoms with Crippen LogP contribution < -0.4 is 19.9 Å². The van der Waals surface area contributed by atoms with Crippen LogP contribution in [0.1, 0.15) is 5.56 Å². The summed E-state index contributed by atoms with van der Waals surface area (Å²) in [4.78, 5) is 4.38. The Morgan fingerprint density at radius 2 is 1.33 bits per heavy atom. The quantitative estimate of drug-likeness (QED) is 0.266. The van der Waals surface area contributed by atoms with Gasteiger partial charge < -0.3 is 15.2 Å². The van der Waals surface area contributed by atoms with Crippen molar-refractivity contribution < 1.29 is 17.9 Å². The van der Waals surface area contributed by atoms with Crippen LogP contribution in [-0.4, -0.2) is 28.6 Å². The zero-order valence-corrected chi connectivity index (χ0v) is 20.8. The summed E-state index contributed by atoms with van der Waals surface area (Å²) in [5.41, 5.74) is 10.9. The minimum atomic E-state index is -3.80. The maximum absolute atomic E-state index is 12.5. The highest BCUT2D eigenvalue weighted by Gasteiger charge is 2.14. The van der Waals surface area contributed by atoms with E-state index >= 15 is 0 Å². The number of methoxy groups -OCH3 is 2. The number of benzene rings is 4. The van der Waals surface area contributed by atoms with Crippen molar-refractivity contribution in [3.63, 3.8) is 0 Å². The van der Waals surface area contributed by atoms with Crippen LogP contribution in [-0.2, 0) is 16.6 Å². The van der Waals surface area contributed by atoms with Crippen LogP contribution in [0.2, 0.25) is 0 Å². The van der Waals surface area contributed by atoms with Crippen molar-refractivity contribution in [2.24, 2.45) is 10.7 Å². The van der Waals surface area contributed by atoms with Crippen LogP contribution in [0, 0.1) is 0 Å². The van der Waals surface area contributed by atoms with Gasteiger partial charge in [0.05, 0.1) is 25.7 Å². The molecule has 0 aromatic heterocycles. The molecule has 0 radical (unpaired) electrons. The summed E-state index contributed by atoms with van der Waals surface area (Å²) in [6.45, 7) is 0.204. The first kappa shape index (κ1) is 24.8. The molecular weight excluding hydrogens is 474 g/mol. The van der Waals surface area contributed by atoms with Crippen molar-refractivity contribution in [3.8, 4) is 33.8 Å². The van der Waals surface area contributed by atoms with Gasteiger partial charge in [-0.3, -0.25) is 0 Å². The third-order valence-electron chi connectivity index (χ3n) is 5.61. The smallest absolute Gasteiger partial charge is 0.264 e. The summed E-state index contributed by atoms with van der Waals surface area (Å²) in [5.74, 6) is 1.37. The molecule has 4 aromatic rings. The Morgan fingerprint density at radius 3 is 1.89 bits per heavy atom. The molecule has 0 aliphatic carbocycles. The van der Waals surface area contributed by atoms with Gasteiger partial charge in [-0.15, -0.1) is 0 Å². The van der Waals surface area contributed by atoms with E-state index in [0.29, 0.717) is 0 Å². The Labute approximate surface area is 211 Å². The van der Waals surface area contributed by atoms with E-state index in [2.05, 4.69) is 9.71 Å². The number of rotatable bonds is 8. The third-order valence-corrected chi connectivity index (χ3v) is 6.98. The van der Waals surface area contributed by atoms with E-state index in [-0.39, 0.29) is 17.4 Å². The average molecular weight is 502 g/mol. The van der Waals surface area contributed by atoms with Crippen LogP contribution in [0.25, 0.3) is 22.3 Å². The van der Waals surface area contributed by atoms with Gasteiger partial charge in [-0.25, -0.2) is 18.1 Å². The van der Waals surface area contributed by atoms with Gasteiger partial charge in [-0.2, -0.15) is 0 Å². The molecule has 0 spiro atoms. The maximum Gasteiger partial charge on any atom is 0.264 e. The maximum atomic E-state index is 12.5. The van der Waals surface area contributed by atoms with E-state index in [4.69, 9.17) is 15.2 Å². The highest BCUT2D eigenvalue weighted by atomic mass is 32.2. The molecule has 0 unspecified atom stereocenters. The van der Waals surface area contributed by atoms with Crippen molar-refractivity contribution in [1.82, 2.24) is 4.72 Å². The number of nitrogens with one attached hydrogen (secondary N) is 1. The summed E-state index contributed by atoms with van der Waals surface area (Å²) >= 11 is 0. The highest BCUT2D eigenvalue weighted by molar-refractivity contribution is 7.90. The molecule has 4 aromatic carbocycles. The van der Waals surface area contributed by atoms with E-state index in [1.54, 1.807) is 32.4 Å². The summed E-state index contributed by atoms with van der Waals surface area (Å²) in [6.07, 6.45) is 0. The number of ether oxygens (including phenoxy) is 2. The van der Waals surface area contributed by atoms with Crippen molar-refractivity contribution in [2.75, 3.05) is 14.2 Å². The molecule has 0 aliphatic rings. The van der Waals surface area contributed by atoms with Crippen molar-refractivity contribution in [2.45, 2.75) is 11.4 Å². The number of nitrogens with two attached hydrogens (primary N) is 1. The van der Waals surface area contributed by atoms with E-state index in [1.165, 1.54) is 12.1 Å². The van der Waals surface area contributed by atoms with Crippen molar-refractivity contribution in [3.05, 3.63) is 103 Å². The molecule has 3 N–H and O–H groups in total. The van der Waals surface area contributed by atoms with E-state index in [1.807, 2.05) is 66.7 Å². The lowest BCUT2D eigenvalue weighted by Gasteiger charge is -2.14. The first-order valence-electron chi connectivity index (χ1n) is 11.2. The molecule has 8 heteroatoms. The fraction of sp³-hybridized carbons (Fsp3) is 0.107. The summed E-state index contributed by atoms with van der Waals surface area (Å²) in [7, 11) is -0.529. The molecular formula is C28H27N3O4S. The topological polar surface area (TPSA) is 103 Å². The van der Waals surface area contributed by atoms with Crippen molar-refractivity contribution >= 4 is 16.0 Å². The highest BCUT2D eigenvalue weighted by Crippen LogP contribution is 2.34. The van der Waals surface area contributed by atoms with E-state index < -0.39 is 10.0 Å². The lowest BCUT2D eigenvalue weighted by atomic mass is 9.92. The van der Waals surface area contributed by atoms with Gasteiger partial charge in [0.1, 0.15) is 11.5 Å². The average Bonchev–Trinajstić information content (AvgIpc) is 2.92. The summed E-state index contributed by atoms with van der Waals surface area (Å²) < 4.78 is 37.9. The second kappa shape index (κ2) is 11.0. The Morgan fingerprint density at radius 1 is 0.778 bits per heavy atom. The molecule has 0 saturated carbocycles. The first-order valence-corrected chi connectivity index (χ1v) is 12.7. The zero-order valence-electron chi connectivity index (χ0n) is 20.0. The molecule has 0 atom stereocenters. The fourth-order valence-electron chi connectivity index (χ4n) is 3.73. The van der Waals surface area contributed by atoms with E-state index in [0.717, 1.165) is 39.3 Å². The molecule has 0 saturated heterocycles. The molecule has 0 bridgehead atoms. The third kappa shape index (κ3) is 5.84. The van der Waals surface area contributed by atoms with Crippen LogP contribution >= 0.6 is 0 Å². The van der Waals surface area contributed by atoms with Gasteiger partial charge in [0, 0.05) is 0 Å². The van der Waals surface area contributed by atoms with Crippen LogP contribution in [0.5, 0.6) is 11.5 Å². The molecule has 0 amide bonds. The van der Waals surface area contributed by atoms with Crippen LogP contribution in [0.15, 0.2) is 107 Å². The SMILES string of the molecule is COc1ccc(-c2ccc(CN=C(N)NS(=O)(=O)c3ccccc3)cc2-c2ccc(OC)cc2)cc1. The largest absolute Gasteiger partial charge is 0.497 e. The van der Waals surface area contributed by atoms with Crippen molar-refractivity contribution in [1.29, 1.82) is 0 Å². The molecule has 36 heavy (non-hydrogen) atoms. The zero-order chi connectivity index (χ0) is 25.5. The van der Waals surface area contributed by atoms with E-state index in [9.17, 15) is 8.42 Å². The van der Waals surface area contributed by atoms with Gasteiger partial charge in [0.15, 0.2) is 0 Å². The predicted octanol–water partition coefficient (Wildman–Crippen LogP) is 4.83. The lowest BCUT2D eigenvalue weighted by molar-refractivity contribution is 0.414. The minimum absolute atomic E-state index is 0.119. The molecule has 184 valence electrons. The van der Waals surface area contributed by atoms with Crippen LogP contribution in [0.3, 0.4) is 0 Å². The minimum Gasteiger partial charge on any atom is -0.497 e. The number of guanidine groups is 1. The number of nitrogens with zero attached hydrogens (tertiary/aromatic N) is 1. The standard InChI is InChI=1S/C28H27N3O4S/c1-34-23-13-9-21(10-14-23)26-17-8-20(18-27(26)22-11-15-24(35-2)16-12-22)19-30-28(29)31-36(32,33)25-6-4-3-5-7-25/h3-18H,19H2,1-2H3,(H3,29,30,31). The molecule has 0 aliphatic heterocycles. The van der Waals surface area contributed by atoms with Crippen LogP contribution in [0.4, 0.5) is 0 Å². The molecule has 4 rings (SSSR count). The Hall–Kier alpha value is -4.30. The second-order valence-corrected chi connectivity index (χ2v) is 9.64. The van der Waals surface area contributed by atoms with Gasteiger partial charge in [0.25, 0.3) is 10.0 Å². The van der Waals surface area contributed by atoms with Gasteiger partial charge in [-0.1, -0.05) is 54.6 Å². The van der Waals surface area contributed by atoms with Gasteiger partial charge >= 0.3 is 0 Å². The summed E-state index contributed by atoms with van der Waals surface area (Å²) in [5, 5.41) is 0. The Kier molecular flexibility index (Phi) is 7.56.